The summed E-state index contributed by atoms with van der Waals surface area (Å²) in [5.41, 5.74) is 0. The van der Waals surface area contributed by atoms with Crippen LogP contribution in [-0.4, -0.2) is 13.9 Å². The van der Waals surface area contributed by atoms with E-state index in [0.29, 0.717) is 5.75 Å². The zero-order valence-electron chi connectivity index (χ0n) is 6.92. The second-order valence-electron chi connectivity index (χ2n) is 1.78. The van der Waals surface area contributed by atoms with Crippen LogP contribution >= 0.6 is 9.69 Å². The summed E-state index contributed by atoms with van der Waals surface area (Å²) in [5.74, 6) is 0.712. The van der Waals surface area contributed by atoms with Crippen molar-refractivity contribution < 1.29 is 26.8 Å². The Morgan fingerprint density at radius 2 is 2.25 bits per heavy atom. The first-order chi connectivity index (χ1) is 5.93. The summed E-state index contributed by atoms with van der Waals surface area (Å²) in [6.45, 7) is 0.278. The topological polar surface area (TPSA) is 18.5 Å². The Bertz CT molecular complexity index is 182. The van der Waals surface area contributed by atoms with Crippen molar-refractivity contribution in [3.8, 4) is 5.75 Å². The fourth-order valence-electron chi connectivity index (χ4n) is 0.589. The summed E-state index contributed by atoms with van der Waals surface area (Å²) >= 11 is 0.847. The van der Waals surface area contributed by atoms with E-state index in [9.17, 15) is 0 Å². The van der Waals surface area contributed by atoms with Crippen LogP contribution < -0.4 is 4.74 Å². The van der Waals surface area contributed by atoms with Crippen LogP contribution in [0, 0.1) is 6.07 Å². The number of methoxy groups -OCH3 is 1. The van der Waals surface area contributed by atoms with Gasteiger partial charge in [-0.15, -0.1) is 12.1 Å². The van der Waals surface area contributed by atoms with Gasteiger partial charge in [0.05, 0.1) is 0 Å². The average Bonchev–Trinajstić information content (AvgIpc) is 2.19. The third-order valence-electron chi connectivity index (χ3n) is 1.01. The number of rotatable bonds is 3. The van der Waals surface area contributed by atoms with Crippen LogP contribution in [-0.2, 0) is 22.0 Å². The van der Waals surface area contributed by atoms with Crippen molar-refractivity contribution in [3.63, 3.8) is 0 Å². The maximum atomic E-state index is 5.08. The minimum absolute atomic E-state index is 0.278. The van der Waals surface area contributed by atoms with E-state index in [4.69, 9.17) is 19.2 Å². The van der Waals surface area contributed by atoms with E-state index in [1.807, 2.05) is 18.2 Å². The fraction of sp³-hybridized carbons (Fsp3) is 0.250. The van der Waals surface area contributed by atoms with E-state index in [1.54, 1.807) is 13.2 Å². The fourth-order valence-corrected chi connectivity index (χ4v) is 0.589. The summed E-state index contributed by atoms with van der Waals surface area (Å²) in [7, 11) is 6.35. The van der Waals surface area contributed by atoms with Crippen LogP contribution in [0.3, 0.4) is 0 Å². The molecule has 62 valence electrons. The Morgan fingerprint density at radius 3 is 2.75 bits per heavy atom. The zero-order chi connectivity index (χ0) is 9.23. The van der Waals surface area contributed by atoms with Gasteiger partial charge < -0.3 is 9.47 Å². The molecule has 0 N–H and O–H groups in total. The molecule has 1 aromatic carbocycles. The summed E-state index contributed by atoms with van der Waals surface area (Å²) in [5, 5.41) is 0. The maximum absolute atomic E-state index is 5.08. The molecule has 2 nitrogen and oxygen atoms in total. The van der Waals surface area contributed by atoms with Crippen molar-refractivity contribution in [2.24, 2.45) is 0 Å². The molecule has 1 aromatic rings. The summed E-state index contributed by atoms with van der Waals surface area (Å²) in [4.78, 5) is 0. The van der Waals surface area contributed by atoms with Crippen molar-refractivity contribution in [2.75, 3.05) is 13.9 Å². The van der Waals surface area contributed by atoms with Gasteiger partial charge in [-0.3, -0.25) is 0 Å². The van der Waals surface area contributed by atoms with Crippen LogP contribution in [0.15, 0.2) is 24.3 Å². The molecule has 0 heterocycles. The number of para-hydroxylation sites is 1. The molecule has 0 aliphatic heterocycles. The molecular formula is C8H9ClO2Zn. The Kier molecular flexibility index (Phi) is 8.91. The predicted molar refractivity (Wildman–Crippen MR) is 43.6 cm³/mol. The molecule has 0 aliphatic rings. The molecule has 0 radical (unpaired) electrons. The van der Waals surface area contributed by atoms with E-state index in [1.165, 1.54) is 0 Å². The van der Waals surface area contributed by atoms with Crippen LogP contribution in [0.25, 0.3) is 0 Å². The van der Waals surface area contributed by atoms with Crippen LogP contribution in [0.1, 0.15) is 0 Å². The van der Waals surface area contributed by atoms with Crippen molar-refractivity contribution in [1.29, 1.82) is 0 Å². The van der Waals surface area contributed by atoms with Crippen LogP contribution in [0.5, 0.6) is 5.75 Å². The average molecular weight is 238 g/mol. The van der Waals surface area contributed by atoms with Gasteiger partial charge in [0.2, 0.25) is 0 Å². The van der Waals surface area contributed by atoms with Gasteiger partial charge in [-0.2, -0.15) is 18.2 Å². The van der Waals surface area contributed by atoms with Gasteiger partial charge in [-0.05, 0) is 0 Å². The van der Waals surface area contributed by atoms with Gasteiger partial charge in [0.15, 0.2) is 6.79 Å². The SMILES string of the molecule is COCOc1[c-]cccc1.[Cl][Zn+]. The molecule has 0 amide bonds. The molecule has 0 bridgehead atoms. The number of ether oxygens (including phenoxy) is 2. The van der Waals surface area contributed by atoms with Crippen molar-refractivity contribution >= 4 is 9.69 Å². The number of hydrogen-bond acceptors (Lipinski definition) is 2. The van der Waals surface area contributed by atoms with Crippen molar-refractivity contribution in [1.82, 2.24) is 0 Å². The quantitative estimate of drug-likeness (QED) is 0.456. The van der Waals surface area contributed by atoms with Crippen LogP contribution in [0.4, 0.5) is 0 Å². The third kappa shape index (κ3) is 5.53. The molecule has 0 atom stereocenters. The molecule has 0 fully saturated rings. The van der Waals surface area contributed by atoms with Crippen LogP contribution in [0.2, 0.25) is 0 Å². The number of halogens is 1. The first-order valence-corrected chi connectivity index (χ1v) is 7.18. The van der Waals surface area contributed by atoms with Gasteiger partial charge in [-0.25, -0.2) is 0 Å². The molecule has 12 heavy (non-hydrogen) atoms. The normalized spacial score (nSPS) is 8.33. The molecular weight excluding hydrogens is 229 g/mol. The van der Waals surface area contributed by atoms with Gasteiger partial charge in [0.1, 0.15) is 0 Å². The molecule has 0 unspecified atom stereocenters. The van der Waals surface area contributed by atoms with E-state index in [-0.39, 0.29) is 6.79 Å². The number of hydrogen-bond donors (Lipinski definition) is 0. The second kappa shape index (κ2) is 8.99. The number of benzene rings is 1. The Balaban J connectivity index is 0.000000561. The molecule has 0 aliphatic carbocycles. The third-order valence-corrected chi connectivity index (χ3v) is 1.01. The second-order valence-corrected chi connectivity index (χ2v) is 1.78. The summed E-state index contributed by atoms with van der Waals surface area (Å²) < 4.78 is 9.78. The van der Waals surface area contributed by atoms with Gasteiger partial charge in [0.25, 0.3) is 0 Å². The van der Waals surface area contributed by atoms with Gasteiger partial charge in [-0.1, -0.05) is 0 Å². The monoisotopic (exact) mass is 236 g/mol. The molecule has 0 saturated heterocycles. The first kappa shape index (κ1) is 11.9. The van der Waals surface area contributed by atoms with E-state index >= 15 is 0 Å². The Morgan fingerprint density at radius 1 is 1.50 bits per heavy atom. The Labute approximate surface area is 86.5 Å². The van der Waals surface area contributed by atoms with Crippen molar-refractivity contribution in [3.05, 3.63) is 30.3 Å². The van der Waals surface area contributed by atoms with E-state index < -0.39 is 0 Å². The van der Waals surface area contributed by atoms with E-state index in [2.05, 4.69) is 6.07 Å². The molecule has 0 aromatic heterocycles. The van der Waals surface area contributed by atoms with Gasteiger partial charge >= 0.3 is 27.0 Å². The molecule has 4 heteroatoms. The Hall–Kier alpha value is -0.107. The van der Waals surface area contributed by atoms with Crippen molar-refractivity contribution in [2.45, 2.75) is 0 Å². The van der Waals surface area contributed by atoms with E-state index in [0.717, 1.165) is 17.3 Å². The van der Waals surface area contributed by atoms with Gasteiger partial charge in [0, 0.05) is 12.9 Å². The predicted octanol–water partition coefficient (Wildman–Crippen LogP) is 2.16. The molecule has 0 saturated carbocycles. The zero-order valence-corrected chi connectivity index (χ0v) is 10.6. The summed E-state index contributed by atoms with van der Waals surface area (Å²) in [6, 6.07) is 10.3. The molecule has 0 spiro atoms. The first-order valence-electron chi connectivity index (χ1n) is 3.28. The minimum atomic E-state index is 0.278. The summed E-state index contributed by atoms with van der Waals surface area (Å²) in [6.07, 6.45) is 0. The standard InChI is InChI=1S/C8H9O2.ClH.Zn/c1-9-7-10-8-5-3-2-4-6-8;;/h2-5H,7H2,1H3;1H;/q-1;;+2/p-1. The molecule has 1 rings (SSSR count).